The van der Waals surface area contributed by atoms with Crippen LogP contribution in [0.25, 0.3) is 0 Å². The Labute approximate surface area is 97.6 Å². The number of nitrogens with one attached hydrogen (secondary N) is 2. The standard InChI is InChI=1S/C11H13FN2O3/c12-9-3-1-8(2-4-9)11(17)14-7-10(16)13-5-6-15/h1-4,15H,5-7H2,(H,13,16)(H,14,17). The van der Waals surface area contributed by atoms with Crippen LogP contribution in [0, 0.1) is 5.82 Å². The third-order valence-corrected chi connectivity index (χ3v) is 1.95. The lowest BCUT2D eigenvalue weighted by atomic mass is 10.2. The van der Waals surface area contributed by atoms with Crippen molar-refractivity contribution in [2.75, 3.05) is 19.7 Å². The molecule has 0 bridgehead atoms. The van der Waals surface area contributed by atoms with Gasteiger partial charge in [0.25, 0.3) is 5.91 Å². The summed E-state index contributed by atoms with van der Waals surface area (Å²) in [6, 6.07) is 4.99. The Morgan fingerprint density at radius 2 is 1.82 bits per heavy atom. The third kappa shape index (κ3) is 4.60. The van der Waals surface area contributed by atoms with Gasteiger partial charge in [-0.05, 0) is 24.3 Å². The Morgan fingerprint density at radius 3 is 2.41 bits per heavy atom. The highest BCUT2D eigenvalue weighted by Crippen LogP contribution is 2.01. The smallest absolute Gasteiger partial charge is 0.251 e. The van der Waals surface area contributed by atoms with E-state index >= 15 is 0 Å². The molecule has 0 unspecified atom stereocenters. The Kier molecular flexibility index (Phi) is 5.09. The van der Waals surface area contributed by atoms with Gasteiger partial charge in [0, 0.05) is 12.1 Å². The summed E-state index contributed by atoms with van der Waals surface area (Å²) in [5, 5.41) is 13.2. The molecule has 0 atom stereocenters. The van der Waals surface area contributed by atoms with Crippen LogP contribution in [-0.4, -0.2) is 36.6 Å². The lowest BCUT2D eigenvalue weighted by Crippen LogP contribution is -2.37. The molecule has 1 rings (SSSR count). The molecule has 0 aromatic heterocycles. The Bertz CT molecular complexity index is 392. The molecule has 0 aliphatic heterocycles. The molecule has 92 valence electrons. The van der Waals surface area contributed by atoms with E-state index in [4.69, 9.17) is 5.11 Å². The van der Waals surface area contributed by atoms with Gasteiger partial charge in [0.2, 0.25) is 5.91 Å². The SMILES string of the molecule is O=C(CNC(=O)c1ccc(F)cc1)NCCO. The highest BCUT2D eigenvalue weighted by atomic mass is 19.1. The normalized spacial score (nSPS) is 9.76. The molecule has 0 aliphatic rings. The molecule has 2 amide bonds. The zero-order chi connectivity index (χ0) is 12.7. The summed E-state index contributed by atoms with van der Waals surface area (Å²) in [5.41, 5.74) is 0.279. The monoisotopic (exact) mass is 240 g/mol. The molecule has 0 heterocycles. The fraction of sp³-hybridized carbons (Fsp3) is 0.273. The van der Waals surface area contributed by atoms with Gasteiger partial charge in [-0.15, -0.1) is 0 Å². The molecular weight excluding hydrogens is 227 g/mol. The van der Waals surface area contributed by atoms with Crippen LogP contribution >= 0.6 is 0 Å². The lowest BCUT2D eigenvalue weighted by Gasteiger charge is -2.05. The number of aliphatic hydroxyl groups is 1. The predicted octanol–water partition coefficient (Wildman–Crippen LogP) is -0.336. The summed E-state index contributed by atoms with van der Waals surface area (Å²) >= 11 is 0. The number of amides is 2. The van der Waals surface area contributed by atoms with Crippen molar-refractivity contribution in [2.45, 2.75) is 0 Å². The number of carbonyl (C=O) groups is 2. The number of hydrogen-bond donors (Lipinski definition) is 3. The van der Waals surface area contributed by atoms with Crippen molar-refractivity contribution in [1.82, 2.24) is 10.6 Å². The summed E-state index contributed by atoms with van der Waals surface area (Å²) in [4.78, 5) is 22.6. The average molecular weight is 240 g/mol. The quantitative estimate of drug-likeness (QED) is 0.659. The van der Waals surface area contributed by atoms with E-state index in [0.717, 1.165) is 0 Å². The first-order chi connectivity index (χ1) is 8.13. The van der Waals surface area contributed by atoms with Gasteiger partial charge in [0.05, 0.1) is 13.2 Å². The topological polar surface area (TPSA) is 78.4 Å². The molecule has 0 fully saturated rings. The molecule has 0 saturated carbocycles. The van der Waals surface area contributed by atoms with E-state index in [1.165, 1.54) is 24.3 Å². The van der Waals surface area contributed by atoms with Gasteiger partial charge in [-0.1, -0.05) is 0 Å². The van der Waals surface area contributed by atoms with Crippen LogP contribution in [0.3, 0.4) is 0 Å². The van der Waals surface area contributed by atoms with Crippen LogP contribution in [-0.2, 0) is 4.79 Å². The van der Waals surface area contributed by atoms with Gasteiger partial charge in [0.1, 0.15) is 5.82 Å². The van der Waals surface area contributed by atoms with Gasteiger partial charge in [-0.25, -0.2) is 4.39 Å². The van der Waals surface area contributed by atoms with Crippen molar-refractivity contribution in [1.29, 1.82) is 0 Å². The Morgan fingerprint density at radius 1 is 1.18 bits per heavy atom. The molecule has 0 saturated heterocycles. The van der Waals surface area contributed by atoms with Crippen molar-refractivity contribution in [3.8, 4) is 0 Å². The summed E-state index contributed by atoms with van der Waals surface area (Å²) in [7, 11) is 0. The fourth-order valence-corrected chi connectivity index (χ4v) is 1.12. The molecule has 0 radical (unpaired) electrons. The maximum Gasteiger partial charge on any atom is 0.251 e. The van der Waals surface area contributed by atoms with E-state index < -0.39 is 17.6 Å². The highest BCUT2D eigenvalue weighted by Gasteiger charge is 2.07. The van der Waals surface area contributed by atoms with Crippen LogP contribution in [0.2, 0.25) is 0 Å². The molecule has 0 aliphatic carbocycles. The molecule has 1 aromatic rings. The molecule has 3 N–H and O–H groups in total. The van der Waals surface area contributed by atoms with Crippen molar-refractivity contribution in [3.05, 3.63) is 35.6 Å². The first-order valence-corrected chi connectivity index (χ1v) is 5.05. The first-order valence-electron chi connectivity index (χ1n) is 5.05. The second kappa shape index (κ2) is 6.59. The molecule has 17 heavy (non-hydrogen) atoms. The first kappa shape index (κ1) is 13.1. The zero-order valence-corrected chi connectivity index (χ0v) is 9.07. The van der Waals surface area contributed by atoms with Gasteiger partial charge in [-0.2, -0.15) is 0 Å². The van der Waals surface area contributed by atoms with E-state index in [9.17, 15) is 14.0 Å². The summed E-state index contributed by atoms with van der Waals surface area (Å²) in [6.07, 6.45) is 0. The lowest BCUT2D eigenvalue weighted by molar-refractivity contribution is -0.120. The van der Waals surface area contributed by atoms with Gasteiger partial charge < -0.3 is 15.7 Å². The van der Waals surface area contributed by atoms with Crippen LogP contribution < -0.4 is 10.6 Å². The molecule has 5 nitrogen and oxygen atoms in total. The summed E-state index contributed by atoms with van der Waals surface area (Å²) in [5.74, 6) is -1.28. The predicted molar refractivity (Wildman–Crippen MR) is 58.8 cm³/mol. The Hall–Kier alpha value is -1.95. The number of hydrogen-bond acceptors (Lipinski definition) is 3. The van der Waals surface area contributed by atoms with Crippen molar-refractivity contribution < 1.29 is 19.1 Å². The van der Waals surface area contributed by atoms with E-state index in [1.807, 2.05) is 0 Å². The van der Waals surface area contributed by atoms with Gasteiger partial charge in [-0.3, -0.25) is 9.59 Å². The minimum Gasteiger partial charge on any atom is -0.395 e. The number of rotatable bonds is 5. The maximum atomic E-state index is 12.6. The number of carbonyl (C=O) groups excluding carboxylic acids is 2. The minimum absolute atomic E-state index is 0.144. The summed E-state index contributed by atoms with van der Waals surface area (Å²) < 4.78 is 12.6. The molecular formula is C11H13FN2O3. The highest BCUT2D eigenvalue weighted by molar-refractivity contribution is 5.96. The Balaban J connectivity index is 2.39. The van der Waals surface area contributed by atoms with Gasteiger partial charge >= 0.3 is 0 Å². The molecule has 0 spiro atoms. The average Bonchev–Trinajstić information content (AvgIpc) is 2.34. The molecule has 6 heteroatoms. The zero-order valence-electron chi connectivity index (χ0n) is 9.07. The van der Waals surface area contributed by atoms with E-state index in [0.29, 0.717) is 0 Å². The molecule has 1 aromatic carbocycles. The van der Waals surface area contributed by atoms with E-state index in [1.54, 1.807) is 0 Å². The number of halogens is 1. The van der Waals surface area contributed by atoms with Gasteiger partial charge in [0.15, 0.2) is 0 Å². The second-order valence-electron chi connectivity index (χ2n) is 3.26. The van der Waals surface area contributed by atoms with Crippen LogP contribution in [0.4, 0.5) is 4.39 Å². The van der Waals surface area contributed by atoms with Crippen LogP contribution in [0.5, 0.6) is 0 Å². The minimum atomic E-state index is -0.454. The van der Waals surface area contributed by atoms with Crippen molar-refractivity contribution in [3.63, 3.8) is 0 Å². The van der Waals surface area contributed by atoms with Crippen LogP contribution in [0.15, 0.2) is 24.3 Å². The van der Waals surface area contributed by atoms with E-state index in [2.05, 4.69) is 10.6 Å². The maximum absolute atomic E-state index is 12.6. The fourth-order valence-electron chi connectivity index (χ4n) is 1.12. The van der Waals surface area contributed by atoms with Crippen molar-refractivity contribution >= 4 is 11.8 Å². The summed E-state index contributed by atoms with van der Waals surface area (Å²) in [6.45, 7) is -0.195. The largest absolute Gasteiger partial charge is 0.395 e. The van der Waals surface area contributed by atoms with Crippen LogP contribution in [0.1, 0.15) is 10.4 Å². The number of benzene rings is 1. The number of aliphatic hydroxyl groups excluding tert-OH is 1. The van der Waals surface area contributed by atoms with E-state index in [-0.39, 0.29) is 25.3 Å². The second-order valence-corrected chi connectivity index (χ2v) is 3.26. The van der Waals surface area contributed by atoms with Crippen molar-refractivity contribution in [2.24, 2.45) is 0 Å². The third-order valence-electron chi connectivity index (χ3n) is 1.95.